The summed E-state index contributed by atoms with van der Waals surface area (Å²) < 4.78 is 5.54. The molecular formula is C17H19N3O2S2. The maximum Gasteiger partial charge on any atom is 0.227 e. The maximum absolute atomic E-state index is 12.2. The second-order valence-electron chi connectivity index (χ2n) is 5.94. The van der Waals surface area contributed by atoms with Crippen molar-refractivity contribution in [2.45, 2.75) is 18.9 Å². The third-order valence-corrected chi connectivity index (χ3v) is 6.05. The van der Waals surface area contributed by atoms with Gasteiger partial charge in [0, 0.05) is 47.9 Å². The Kier molecular flexibility index (Phi) is 4.73. The largest absolute Gasteiger partial charge is 0.493 e. The number of ether oxygens (including phenoxy) is 1. The van der Waals surface area contributed by atoms with Gasteiger partial charge in [0.05, 0.1) is 12.3 Å². The molecule has 2 aliphatic heterocycles. The van der Waals surface area contributed by atoms with Gasteiger partial charge in [-0.2, -0.15) is 11.8 Å². The molecule has 2 N–H and O–H groups in total. The molecule has 4 rings (SSSR count). The Bertz CT molecular complexity index is 741. The molecule has 2 aromatic rings. The molecule has 0 aliphatic carbocycles. The Morgan fingerprint density at radius 3 is 3.29 bits per heavy atom. The Morgan fingerprint density at radius 2 is 2.42 bits per heavy atom. The Morgan fingerprint density at radius 1 is 1.46 bits per heavy atom. The summed E-state index contributed by atoms with van der Waals surface area (Å²) in [5, 5.41) is 8.96. The number of rotatable bonds is 4. The van der Waals surface area contributed by atoms with Crippen molar-refractivity contribution in [3.63, 3.8) is 0 Å². The van der Waals surface area contributed by atoms with E-state index < -0.39 is 0 Å². The molecule has 1 aromatic carbocycles. The molecule has 3 heterocycles. The SMILES string of the molecule is O=C(CC1CSCCN1)Nc1nc(-c2ccc3c(c2)CCO3)cs1. The van der Waals surface area contributed by atoms with Crippen LogP contribution in [0, 0.1) is 0 Å². The summed E-state index contributed by atoms with van der Waals surface area (Å²) in [6, 6.07) is 6.42. The highest BCUT2D eigenvalue weighted by molar-refractivity contribution is 7.99. The molecule has 1 atom stereocenters. The lowest BCUT2D eigenvalue weighted by atomic mass is 10.1. The van der Waals surface area contributed by atoms with Crippen molar-refractivity contribution in [1.82, 2.24) is 10.3 Å². The predicted octanol–water partition coefficient (Wildman–Crippen LogP) is 2.78. The average molecular weight is 361 g/mol. The first-order valence-corrected chi connectivity index (χ1v) is 10.1. The number of thiazole rings is 1. The minimum Gasteiger partial charge on any atom is -0.493 e. The molecule has 1 saturated heterocycles. The zero-order valence-electron chi connectivity index (χ0n) is 13.2. The Hall–Kier alpha value is -1.57. The smallest absolute Gasteiger partial charge is 0.227 e. The van der Waals surface area contributed by atoms with Crippen LogP contribution in [0.5, 0.6) is 5.75 Å². The average Bonchev–Trinajstić information content (AvgIpc) is 3.24. The monoisotopic (exact) mass is 361 g/mol. The van der Waals surface area contributed by atoms with Crippen LogP contribution >= 0.6 is 23.1 Å². The number of hydrogen-bond donors (Lipinski definition) is 2. The highest BCUT2D eigenvalue weighted by atomic mass is 32.2. The summed E-state index contributed by atoms with van der Waals surface area (Å²) in [5.74, 6) is 3.12. The first-order chi connectivity index (χ1) is 11.8. The Labute approximate surface area is 149 Å². The van der Waals surface area contributed by atoms with E-state index in [1.54, 1.807) is 0 Å². The number of fused-ring (bicyclic) bond motifs is 1. The minimum atomic E-state index is 0.0262. The molecule has 0 spiro atoms. The second-order valence-corrected chi connectivity index (χ2v) is 7.95. The number of anilines is 1. The molecule has 1 fully saturated rings. The van der Waals surface area contributed by atoms with E-state index in [1.165, 1.54) is 16.9 Å². The fourth-order valence-corrected chi connectivity index (χ4v) is 4.64. The first kappa shape index (κ1) is 15.9. The van der Waals surface area contributed by atoms with Gasteiger partial charge in [0.15, 0.2) is 5.13 Å². The topological polar surface area (TPSA) is 63.2 Å². The zero-order chi connectivity index (χ0) is 16.4. The van der Waals surface area contributed by atoms with Gasteiger partial charge in [-0.25, -0.2) is 4.98 Å². The number of carbonyl (C=O) groups excluding carboxylic acids is 1. The van der Waals surface area contributed by atoms with Crippen LogP contribution in [0.4, 0.5) is 5.13 Å². The van der Waals surface area contributed by atoms with Crippen molar-refractivity contribution in [1.29, 1.82) is 0 Å². The summed E-state index contributed by atoms with van der Waals surface area (Å²) in [6.07, 6.45) is 1.45. The number of aromatic nitrogens is 1. The highest BCUT2D eigenvalue weighted by Crippen LogP contribution is 2.32. The van der Waals surface area contributed by atoms with Gasteiger partial charge in [0.25, 0.3) is 0 Å². The van der Waals surface area contributed by atoms with Gasteiger partial charge in [0.2, 0.25) is 5.91 Å². The minimum absolute atomic E-state index is 0.0262. The van der Waals surface area contributed by atoms with Crippen molar-refractivity contribution >= 4 is 34.1 Å². The van der Waals surface area contributed by atoms with Gasteiger partial charge >= 0.3 is 0 Å². The highest BCUT2D eigenvalue weighted by Gasteiger charge is 2.18. The van der Waals surface area contributed by atoms with Crippen molar-refractivity contribution in [2.24, 2.45) is 0 Å². The van der Waals surface area contributed by atoms with E-state index in [-0.39, 0.29) is 11.9 Å². The molecule has 1 aromatic heterocycles. The van der Waals surface area contributed by atoms with E-state index in [2.05, 4.69) is 21.7 Å². The summed E-state index contributed by atoms with van der Waals surface area (Å²) in [6.45, 7) is 1.73. The van der Waals surface area contributed by atoms with Gasteiger partial charge < -0.3 is 15.4 Å². The molecule has 126 valence electrons. The molecule has 0 radical (unpaired) electrons. The molecule has 7 heteroatoms. The third kappa shape index (κ3) is 3.58. The summed E-state index contributed by atoms with van der Waals surface area (Å²) in [5.41, 5.74) is 3.20. The van der Waals surface area contributed by atoms with Crippen LogP contribution in [-0.2, 0) is 11.2 Å². The molecule has 1 unspecified atom stereocenters. The van der Waals surface area contributed by atoms with Gasteiger partial charge in [0.1, 0.15) is 5.75 Å². The maximum atomic E-state index is 12.2. The van der Waals surface area contributed by atoms with E-state index >= 15 is 0 Å². The van der Waals surface area contributed by atoms with E-state index in [1.807, 2.05) is 29.3 Å². The van der Waals surface area contributed by atoms with Crippen LogP contribution in [0.15, 0.2) is 23.6 Å². The van der Waals surface area contributed by atoms with Crippen LogP contribution in [0.25, 0.3) is 11.3 Å². The lowest BCUT2D eigenvalue weighted by Crippen LogP contribution is -2.39. The summed E-state index contributed by atoms with van der Waals surface area (Å²) >= 11 is 3.36. The van der Waals surface area contributed by atoms with Crippen LogP contribution in [0.2, 0.25) is 0 Å². The Balaban J connectivity index is 1.40. The molecule has 24 heavy (non-hydrogen) atoms. The lowest BCUT2D eigenvalue weighted by Gasteiger charge is -2.22. The van der Waals surface area contributed by atoms with Crippen molar-refractivity contribution in [3.8, 4) is 17.0 Å². The molecular weight excluding hydrogens is 342 g/mol. The van der Waals surface area contributed by atoms with E-state index in [0.717, 1.165) is 48.1 Å². The van der Waals surface area contributed by atoms with Crippen molar-refractivity contribution in [2.75, 3.05) is 30.0 Å². The van der Waals surface area contributed by atoms with Crippen LogP contribution in [0.1, 0.15) is 12.0 Å². The number of thioether (sulfide) groups is 1. The molecule has 1 amide bonds. The third-order valence-electron chi connectivity index (χ3n) is 4.17. The van der Waals surface area contributed by atoms with Crippen LogP contribution in [0.3, 0.4) is 0 Å². The number of benzene rings is 1. The van der Waals surface area contributed by atoms with Crippen LogP contribution in [-0.4, -0.2) is 41.6 Å². The van der Waals surface area contributed by atoms with Crippen molar-refractivity contribution in [3.05, 3.63) is 29.1 Å². The quantitative estimate of drug-likeness (QED) is 0.877. The number of hydrogen-bond acceptors (Lipinski definition) is 6. The molecule has 0 saturated carbocycles. The van der Waals surface area contributed by atoms with Gasteiger partial charge in [-0.3, -0.25) is 4.79 Å². The van der Waals surface area contributed by atoms with E-state index in [4.69, 9.17) is 4.74 Å². The zero-order valence-corrected chi connectivity index (χ0v) is 14.8. The molecule has 0 bridgehead atoms. The predicted molar refractivity (Wildman–Crippen MR) is 99.1 cm³/mol. The standard InChI is InChI=1S/C17H19N3O2S2/c21-16(8-13-9-23-6-4-18-13)20-17-19-14(10-24-17)11-1-2-15-12(7-11)3-5-22-15/h1-2,7,10,13,18H,3-6,8-9H2,(H,19,20,21). The first-order valence-electron chi connectivity index (χ1n) is 8.10. The van der Waals surface area contributed by atoms with Crippen molar-refractivity contribution < 1.29 is 9.53 Å². The molecule has 5 nitrogen and oxygen atoms in total. The van der Waals surface area contributed by atoms with E-state index in [9.17, 15) is 4.79 Å². The second kappa shape index (κ2) is 7.13. The number of amides is 1. The summed E-state index contributed by atoms with van der Waals surface area (Å²) in [4.78, 5) is 16.7. The fraction of sp³-hybridized carbons (Fsp3) is 0.412. The number of nitrogens with one attached hydrogen (secondary N) is 2. The van der Waals surface area contributed by atoms with Gasteiger partial charge in [-0.15, -0.1) is 11.3 Å². The summed E-state index contributed by atoms with van der Waals surface area (Å²) in [7, 11) is 0. The lowest BCUT2D eigenvalue weighted by molar-refractivity contribution is -0.116. The van der Waals surface area contributed by atoms with Gasteiger partial charge in [-0.05, 0) is 23.8 Å². The van der Waals surface area contributed by atoms with Crippen LogP contribution < -0.4 is 15.4 Å². The number of carbonyl (C=O) groups is 1. The fourth-order valence-electron chi connectivity index (χ4n) is 2.95. The van der Waals surface area contributed by atoms with E-state index in [0.29, 0.717) is 11.6 Å². The van der Waals surface area contributed by atoms with Gasteiger partial charge in [-0.1, -0.05) is 0 Å². The number of nitrogens with zero attached hydrogens (tertiary/aromatic N) is 1. The normalized spacial score (nSPS) is 19.6. The molecule has 2 aliphatic rings.